The van der Waals surface area contributed by atoms with Crippen molar-refractivity contribution in [3.05, 3.63) is 35.6 Å². The molecule has 0 heterocycles. The fourth-order valence-electron chi connectivity index (χ4n) is 1.31. The Morgan fingerprint density at radius 3 is 2.73 bits per heavy atom. The molecule has 4 heteroatoms. The average Bonchev–Trinajstić information content (AvgIpc) is 2.18. The van der Waals surface area contributed by atoms with Crippen molar-refractivity contribution in [2.45, 2.75) is 19.9 Å². The Balaban J connectivity index is 2.65. The molecule has 2 amide bonds. The summed E-state index contributed by atoms with van der Waals surface area (Å²) in [6.07, 6.45) is 0. The van der Waals surface area contributed by atoms with Crippen LogP contribution >= 0.6 is 0 Å². The normalized spacial score (nSPS) is 11.9. The maximum absolute atomic E-state index is 13.3. The standard InChI is InChI=1S/C11H15FN2O/c1-3-13-11(15)14-8(2)9-6-4-5-7-10(9)12/h4-8H,3H2,1-2H3,(H2,13,14,15). The Morgan fingerprint density at radius 1 is 1.47 bits per heavy atom. The zero-order valence-corrected chi connectivity index (χ0v) is 8.88. The maximum Gasteiger partial charge on any atom is 0.315 e. The van der Waals surface area contributed by atoms with E-state index in [9.17, 15) is 9.18 Å². The molecule has 2 N–H and O–H groups in total. The van der Waals surface area contributed by atoms with Gasteiger partial charge < -0.3 is 10.6 Å². The second kappa shape index (κ2) is 5.34. The molecule has 0 radical (unpaired) electrons. The monoisotopic (exact) mass is 210 g/mol. The molecule has 0 aliphatic carbocycles. The van der Waals surface area contributed by atoms with E-state index in [-0.39, 0.29) is 17.9 Å². The van der Waals surface area contributed by atoms with E-state index >= 15 is 0 Å². The van der Waals surface area contributed by atoms with Crippen molar-refractivity contribution in [3.63, 3.8) is 0 Å². The first-order valence-electron chi connectivity index (χ1n) is 4.94. The van der Waals surface area contributed by atoms with E-state index in [1.807, 2.05) is 6.92 Å². The van der Waals surface area contributed by atoms with Gasteiger partial charge in [0.25, 0.3) is 0 Å². The SMILES string of the molecule is CCNC(=O)NC(C)c1ccccc1F. The highest BCUT2D eigenvalue weighted by molar-refractivity contribution is 5.74. The number of nitrogens with one attached hydrogen (secondary N) is 2. The minimum Gasteiger partial charge on any atom is -0.338 e. The molecule has 0 saturated heterocycles. The summed E-state index contributed by atoms with van der Waals surface area (Å²) in [5.41, 5.74) is 0.490. The van der Waals surface area contributed by atoms with Gasteiger partial charge in [-0.25, -0.2) is 9.18 Å². The van der Waals surface area contributed by atoms with Crippen LogP contribution in [0.4, 0.5) is 9.18 Å². The number of carbonyl (C=O) groups is 1. The molecule has 1 unspecified atom stereocenters. The van der Waals surface area contributed by atoms with Gasteiger partial charge in [0.05, 0.1) is 6.04 Å². The van der Waals surface area contributed by atoms with Gasteiger partial charge in [0.1, 0.15) is 5.82 Å². The Labute approximate surface area is 88.7 Å². The molecule has 0 aromatic heterocycles. The highest BCUT2D eigenvalue weighted by Gasteiger charge is 2.11. The van der Waals surface area contributed by atoms with Crippen LogP contribution in [0, 0.1) is 5.82 Å². The molecule has 0 aliphatic rings. The van der Waals surface area contributed by atoms with Crippen LogP contribution in [0.15, 0.2) is 24.3 Å². The summed E-state index contributed by atoms with van der Waals surface area (Å²) in [4.78, 5) is 11.2. The second-order valence-electron chi connectivity index (χ2n) is 3.25. The van der Waals surface area contributed by atoms with Crippen LogP contribution < -0.4 is 10.6 Å². The van der Waals surface area contributed by atoms with Gasteiger partial charge in [0, 0.05) is 12.1 Å². The molecular formula is C11H15FN2O. The number of carbonyl (C=O) groups excluding carboxylic acids is 1. The number of amides is 2. The van der Waals surface area contributed by atoms with Crippen molar-refractivity contribution in [2.24, 2.45) is 0 Å². The number of hydrogen-bond donors (Lipinski definition) is 2. The minimum atomic E-state index is -0.335. The second-order valence-corrected chi connectivity index (χ2v) is 3.25. The summed E-state index contributed by atoms with van der Waals surface area (Å²) in [5.74, 6) is -0.304. The number of urea groups is 1. The van der Waals surface area contributed by atoms with Gasteiger partial charge in [-0.3, -0.25) is 0 Å². The lowest BCUT2D eigenvalue weighted by molar-refractivity contribution is 0.238. The van der Waals surface area contributed by atoms with E-state index in [1.54, 1.807) is 25.1 Å². The summed E-state index contributed by atoms with van der Waals surface area (Å²) in [6.45, 7) is 4.12. The first-order chi connectivity index (χ1) is 7.15. The molecule has 82 valence electrons. The molecule has 1 aromatic carbocycles. The smallest absolute Gasteiger partial charge is 0.315 e. The highest BCUT2D eigenvalue weighted by Crippen LogP contribution is 2.15. The Bertz CT molecular complexity index is 341. The lowest BCUT2D eigenvalue weighted by Gasteiger charge is -2.14. The molecule has 0 spiro atoms. The van der Waals surface area contributed by atoms with E-state index in [1.165, 1.54) is 6.07 Å². The molecule has 0 saturated carbocycles. The van der Waals surface area contributed by atoms with Gasteiger partial charge in [-0.05, 0) is 19.9 Å². The number of hydrogen-bond acceptors (Lipinski definition) is 1. The van der Waals surface area contributed by atoms with E-state index in [2.05, 4.69) is 10.6 Å². The quantitative estimate of drug-likeness (QED) is 0.789. The van der Waals surface area contributed by atoms with Crippen LogP contribution in [-0.2, 0) is 0 Å². The zero-order valence-electron chi connectivity index (χ0n) is 8.88. The maximum atomic E-state index is 13.3. The topological polar surface area (TPSA) is 41.1 Å². The number of rotatable bonds is 3. The summed E-state index contributed by atoms with van der Waals surface area (Å²) < 4.78 is 13.3. The summed E-state index contributed by atoms with van der Waals surface area (Å²) in [6, 6.07) is 5.79. The van der Waals surface area contributed by atoms with E-state index in [0.29, 0.717) is 12.1 Å². The van der Waals surface area contributed by atoms with Crippen molar-refractivity contribution in [1.82, 2.24) is 10.6 Å². The lowest BCUT2D eigenvalue weighted by Crippen LogP contribution is -2.37. The zero-order chi connectivity index (χ0) is 11.3. The van der Waals surface area contributed by atoms with Crippen LogP contribution in [0.3, 0.4) is 0 Å². The van der Waals surface area contributed by atoms with Gasteiger partial charge in [-0.15, -0.1) is 0 Å². The molecular weight excluding hydrogens is 195 g/mol. The van der Waals surface area contributed by atoms with Crippen LogP contribution in [0.25, 0.3) is 0 Å². The molecule has 0 bridgehead atoms. The predicted molar refractivity (Wildman–Crippen MR) is 57.0 cm³/mol. The Kier molecular flexibility index (Phi) is 4.09. The average molecular weight is 210 g/mol. The van der Waals surface area contributed by atoms with E-state index in [0.717, 1.165) is 0 Å². The predicted octanol–water partition coefficient (Wildman–Crippen LogP) is 2.21. The fourth-order valence-corrected chi connectivity index (χ4v) is 1.31. The Morgan fingerprint density at radius 2 is 2.13 bits per heavy atom. The third-order valence-electron chi connectivity index (χ3n) is 2.06. The van der Waals surface area contributed by atoms with Crippen LogP contribution in [-0.4, -0.2) is 12.6 Å². The van der Waals surface area contributed by atoms with Crippen LogP contribution in [0.2, 0.25) is 0 Å². The molecule has 15 heavy (non-hydrogen) atoms. The third-order valence-corrected chi connectivity index (χ3v) is 2.06. The number of halogens is 1. The van der Waals surface area contributed by atoms with Gasteiger partial charge in [0.2, 0.25) is 0 Å². The van der Waals surface area contributed by atoms with Crippen molar-refractivity contribution in [3.8, 4) is 0 Å². The highest BCUT2D eigenvalue weighted by atomic mass is 19.1. The molecule has 1 rings (SSSR count). The van der Waals surface area contributed by atoms with Crippen molar-refractivity contribution < 1.29 is 9.18 Å². The van der Waals surface area contributed by atoms with E-state index < -0.39 is 0 Å². The summed E-state index contributed by atoms with van der Waals surface area (Å²) in [7, 11) is 0. The van der Waals surface area contributed by atoms with Crippen LogP contribution in [0.5, 0.6) is 0 Å². The van der Waals surface area contributed by atoms with Crippen molar-refractivity contribution >= 4 is 6.03 Å². The number of benzene rings is 1. The molecule has 0 aliphatic heterocycles. The van der Waals surface area contributed by atoms with Gasteiger partial charge in [0.15, 0.2) is 0 Å². The summed E-state index contributed by atoms with van der Waals surface area (Å²) >= 11 is 0. The molecule has 1 aromatic rings. The van der Waals surface area contributed by atoms with Gasteiger partial charge in [-0.2, -0.15) is 0 Å². The fraction of sp³-hybridized carbons (Fsp3) is 0.364. The third kappa shape index (κ3) is 3.23. The Hall–Kier alpha value is -1.58. The lowest BCUT2D eigenvalue weighted by atomic mass is 10.1. The first kappa shape index (κ1) is 11.5. The van der Waals surface area contributed by atoms with E-state index in [4.69, 9.17) is 0 Å². The van der Waals surface area contributed by atoms with Crippen molar-refractivity contribution in [2.75, 3.05) is 6.54 Å². The molecule has 0 fully saturated rings. The largest absolute Gasteiger partial charge is 0.338 e. The molecule has 1 atom stereocenters. The summed E-state index contributed by atoms with van der Waals surface area (Å²) in [5, 5.41) is 5.24. The first-order valence-corrected chi connectivity index (χ1v) is 4.94. The molecule has 3 nitrogen and oxygen atoms in total. The van der Waals surface area contributed by atoms with Crippen molar-refractivity contribution in [1.29, 1.82) is 0 Å². The van der Waals surface area contributed by atoms with Crippen LogP contribution in [0.1, 0.15) is 25.5 Å². The van der Waals surface area contributed by atoms with Gasteiger partial charge in [-0.1, -0.05) is 18.2 Å². The minimum absolute atomic E-state index is 0.284. The van der Waals surface area contributed by atoms with Gasteiger partial charge >= 0.3 is 6.03 Å².